The number of carbonyl (C=O) groups is 1. The number of ether oxygens (including phenoxy) is 3. The standard InChI is InChI=1S/C22H18N4O4S2/c1-28-12-7-10(8-13(29-2)19(12)30-3)15-11(9-23)21(25)26-22-16(15)17(24)20(32-22)18(27)14-5-4-6-31-14/h4-8H,24H2,1-3H3,(H2,25,26). The van der Waals surface area contributed by atoms with Crippen LogP contribution in [-0.2, 0) is 0 Å². The summed E-state index contributed by atoms with van der Waals surface area (Å²) < 4.78 is 16.3. The molecule has 3 heterocycles. The molecule has 4 aromatic rings. The number of hydrogen-bond donors (Lipinski definition) is 2. The second-order valence-corrected chi connectivity index (χ2v) is 8.55. The summed E-state index contributed by atoms with van der Waals surface area (Å²) in [7, 11) is 4.50. The fraction of sp³-hybridized carbons (Fsp3) is 0.136. The highest BCUT2D eigenvalue weighted by molar-refractivity contribution is 7.22. The van der Waals surface area contributed by atoms with Gasteiger partial charge in [0.05, 0.1) is 31.9 Å². The van der Waals surface area contributed by atoms with Crippen molar-refractivity contribution in [1.29, 1.82) is 5.26 Å². The van der Waals surface area contributed by atoms with Gasteiger partial charge >= 0.3 is 0 Å². The van der Waals surface area contributed by atoms with E-state index in [4.69, 9.17) is 25.7 Å². The average Bonchev–Trinajstić information content (AvgIpc) is 3.45. The lowest BCUT2D eigenvalue weighted by Crippen LogP contribution is -2.02. The first kappa shape index (κ1) is 21.4. The zero-order valence-electron chi connectivity index (χ0n) is 17.4. The summed E-state index contributed by atoms with van der Waals surface area (Å²) in [6.07, 6.45) is 0. The van der Waals surface area contributed by atoms with E-state index in [1.54, 1.807) is 24.3 Å². The van der Waals surface area contributed by atoms with Crippen molar-refractivity contribution in [3.8, 4) is 34.4 Å². The lowest BCUT2D eigenvalue weighted by atomic mass is 9.96. The molecule has 0 amide bonds. The number of nitrogens with two attached hydrogens (primary N) is 2. The average molecular weight is 467 g/mol. The van der Waals surface area contributed by atoms with Crippen molar-refractivity contribution >= 4 is 50.2 Å². The fourth-order valence-electron chi connectivity index (χ4n) is 3.49. The molecule has 0 aliphatic heterocycles. The van der Waals surface area contributed by atoms with Gasteiger partial charge in [-0.2, -0.15) is 5.26 Å². The molecule has 32 heavy (non-hydrogen) atoms. The van der Waals surface area contributed by atoms with Crippen LogP contribution < -0.4 is 25.7 Å². The molecule has 3 aromatic heterocycles. The number of anilines is 2. The van der Waals surface area contributed by atoms with Crippen LogP contribution in [0.1, 0.15) is 20.1 Å². The third-order valence-corrected chi connectivity index (χ3v) is 6.89. The van der Waals surface area contributed by atoms with Gasteiger partial charge in [0.2, 0.25) is 11.5 Å². The molecule has 0 fully saturated rings. The second-order valence-electron chi connectivity index (χ2n) is 6.60. The molecule has 0 saturated heterocycles. The largest absolute Gasteiger partial charge is 0.493 e. The molecule has 10 heteroatoms. The Morgan fingerprint density at radius 2 is 1.81 bits per heavy atom. The Labute approximate surface area is 191 Å². The molecule has 0 unspecified atom stereocenters. The van der Waals surface area contributed by atoms with E-state index in [0.29, 0.717) is 48.3 Å². The van der Waals surface area contributed by atoms with E-state index in [2.05, 4.69) is 11.1 Å². The van der Waals surface area contributed by atoms with Crippen molar-refractivity contribution in [3.63, 3.8) is 0 Å². The number of ketones is 1. The van der Waals surface area contributed by atoms with Crippen LogP contribution in [-0.4, -0.2) is 32.1 Å². The first-order valence-electron chi connectivity index (χ1n) is 9.25. The van der Waals surface area contributed by atoms with Crippen LogP contribution in [0.25, 0.3) is 21.3 Å². The van der Waals surface area contributed by atoms with E-state index in [0.717, 1.165) is 11.3 Å². The van der Waals surface area contributed by atoms with Gasteiger partial charge < -0.3 is 25.7 Å². The minimum Gasteiger partial charge on any atom is -0.493 e. The molecule has 0 radical (unpaired) electrons. The van der Waals surface area contributed by atoms with Gasteiger partial charge in [-0.25, -0.2) is 4.98 Å². The maximum atomic E-state index is 13.0. The highest BCUT2D eigenvalue weighted by Crippen LogP contribution is 2.47. The first-order chi connectivity index (χ1) is 15.4. The molecule has 0 bridgehead atoms. The monoisotopic (exact) mass is 466 g/mol. The Morgan fingerprint density at radius 1 is 1.12 bits per heavy atom. The highest BCUT2D eigenvalue weighted by atomic mass is 32.1. The van der Waals surface area contributed by atoms with E-state index in [9.17, 15) is 10.1 Å². The zero-order valence-corrected chi connectivity index (χ0v) is 19.0. The lowest BCUT2D eigenvalue weighted by molar-refractivity contribution is 0.104. The summed E-state index contributed by atoms with van der Waals surface area (Å²) in [4.78, 5) is 18.8. The number of pyridine rings is 1. The molecule has 1 aromatic carbocycles. The van der Waals surface area contributed by atoms with Crippen molar-refractivity contribution in [3.05, 3.63) is 45.0 Å². The summed E-state index contributed by atoms with van der Waals surface area (Å²) >= 11 is 2.47. The number of rotatable bonds is 6. The van der Waals surface area contributed by atoms with Gasteiger partial charge in [-0.15, -0.1) is 22.7 Å². The first-order valence-corrected chi connectivity index (χ1v) is 10.9. The van der Waals surface area contributed by atoms with Gasteiger partial charge in [-0.05, 0) is 29.1 Å². The third kappa shape index (κ3) is 3.28. The molecular weight excluding hydrogens is 448 g/mol. The number of aromatic nitrogens is 1. The number of methoxy groups -OCH3 is 3. The van der Waals surface area contributed by atoms with Gasteiger partial charge in [0, 0.05) is 10.9 Å². The quantitative estimate of drug-likeness (QED) is 0.401. The number of thiophene rings is 2. The van der Waals surface area contributed by atoms with E-state index < -0.39 is 0 Å². The molecule has 0 aliphatic rings. The number of carbonyl (C=O) groups excluding carboxylic acids is 1. The van der Waals surface area contributed by atoms with E-state index in [-0.39, 0.29) is 22.9 Å². The minimum atomic E-state index is -0.201. The van der Waals surface area contributed by atoms with E-state index in [1.165, 1.54) is 32.7 Å². The van der Waals surface area contributed by atoms with E-state index in [1.807, 2.05) is 5.38 Å². The molecule has 0 saturated carbocycles. The van der Waals surface area contributed by atoms with Crippen molar-refractivity contribution in [2.24, 2.45) is 0 Å². The number of nitrogen functional groups attached to an aromatic ring is 2. The van der Waals surface area contributed by atoms with Gasteiger partial charge in [0.15, 0.2) is 11.5 Å². The summed E-state index contributed by atoms with van der Waals surface area (Å²) in [5.74, 6) is 1.05. The van der Waals surface area contributed by atoms with Gasteiger partial charge in [-0.3, -0.25) is 4.79 Å². The van der Waals surface area contributed by atoms with Crippen molar-refractivity contribution in [1.82, 2.24) is 4.98 Å². The number of nitriles is 1. The Bertz CT molecular complexity index is 1360. The molecular formula is C22H18N4O4S2. The Morgan fingerprint density at radius 3 is 2.34 bits per heavy atom. The topological polar surface area (TPSA) is 133 Å². The summed E-state index contributed by atoms with van der Waals surface area (Å²) in [5.41, 5.74) is 14.0. The van der Waals surface area contributed by atoms with Crippen LogP contribution in [0.5, 0.6) is 17.2 Å². The molecule has 0 atom stereocenters. The van der Waals surface area contributed by atoms with Crippen LogP contribution >= 0.6 is 22.7 Å². The highest BCUT2D eigenvalue weighted by Gasteiger charge is 2.26. The molecule has 4 N–H and O–H groups in total. The summed E-state index contributed by atoms with van der Waals surface area (Å²) in [6.45, 7) is 0. The van der Waals surface area contributed by atoms with Crippen molar-refractivity contribution in [2.75, 3.05) is 32.8 Å². The molecule has 0 aliphatic carbocycles. The van der Waals surface area contributed by atoms with Gasteiger partial charge in [-0.1, -0.05) is 6.07 Å². The fourth-order valence-corrected chi connectivity index (χ4v) is 5.29. The Kier molecular flexibility index (Phi) is 5.61. The maximum absolute atomic E-state index is 13.0. The van der Waals surface area contributed by atoms with Crippen LogP contribution in [0.2, 0.25) is 0 Å². The number of benzene rings is 1. The Hall–Kier alpha value is -3.81. The van der Waals surface area contributed by atoms with Gasteiger partial charge in [0.1, 0.15) is 27.2 Å². The predicted octanol–water partition coefficient (Wildman–Crippen LogP) is 4.32. The molecule has 162 valence electrons. The predicted molar refractivity (Wildman–Crippen MR) is 126 cm³/mol. The van der Waals surface area contributed by atoms with Crippen LogP contribution in [0.4, 0.5) is 11.5 Å². The van der Waals surface area contributed by atoms with Crippen LogP contribution in [0.15, 0.2) is 29.6 Å². The summed E-state index contributed by atoms with van der Waals surface area (Å²) in [6, 6.07) is 9.06. The zero-order chi connectivity index (χ0) is 23.0. The molecule has 4 rings (SSSR count). The second kappa shape index (κ2) is 8.37. The van der Waals surface area contributed by atoms with E-state index >= 15 is 0 Å². The third-order valence-electron chi connectivity index (χ3n) is 4.92. The smallest absolute Gasteiger partial charge is 0.215 e. The normalized spacial score (nSPS) is 10.7. The SMILES string of the molecule is COc1cc(-c2c(C#N)c(N)nc3sc(C(=O)c4cccs4)c(N)c23)cc(OC)c1OC. The number of nitrogens with zero attached hydrogens (tertiary/aromatic N) is 2. The van der Waals surface area contributed by atoms with Crippen molar-refractivity contribution in [2.45, 2.75) is 0 Å². The summed E-state index contributed by atoms with van der Waals surface area (Å²) in [5, 5.41) is 12.2. The van der Waals surface area contributed by atoms with Crippen LogP contribution in [0, 0.1) is 11.3 Å². The number of fused-ring (bicyclic) bond motifs is 1. The van der Waals surface area contributed by atoms with Crippen molar-refractivity contribution < 1.29 is 19.0 Å². The number of hydrogen-bond acceptors (Lipinski definition) is 10. The Balaban J connectivity index is 2.07. The molecule has 8 nitrogen and oxygen atoms in total. The lowest BCUT2D eigenvalue weighted by Gasteiger charge is -2.16. The van der Waals surface area contributed by atoms with Crippen LogP contribution in [0.3, 0.4) is 0 Å². The minimum absolute atomic E-state index is 0.0418. The maximum Gasteiger partial charge on any atom is 0.215 e. The van der Waals surface area contributed by atoms with Gasteiger partial charge in [0.25, 0.3) is 0 Å². The molecule has 0 spiro atoms.